The number of amides is 1. The number of hydrogen-bond acceptors (Lipinski definition) is 3. The second kappa shape index (κ2) is 7.85. The van der Waals surface area contributed by atoms with Crippen molar-refractivity contribution in [3.8, 4) is 5.69 Å². The summed E-state index contributed by atoms with van der Waals surface area (Å²) in [6.07, 6.45) is 3.23. The van der Waals surface area contributed by atoms with Crippen molar-refractivity contribution >= 4 is 28.8 Å². The Morgan fingerprint density at radius 1 is 1.35 bits per heavy atom. The summed E-state index contributed by atoms with van der Waals surface area (Å²) in [5.41, 5.74) is 1.89. The topological polar surface area (TPSA) is 38.1 Å². The molecule has 0 unspecified atom stereocenters. The minimum absolute atomic E-state index is 0.139. The lowest BCUT2D eigenvalue weighted by atomic mass is 10.2. The third-order valence-corrected chi connectivity index (χ3v) is 5.14. The number of carbonyl (C=O) groups is 1. The molecule has 0 N–H and O–H groups in total. The van der Waals surface area contributed by atoms with E-state index in [4.69, 9.17) is 11.6 Å². The molecule has 0 aliphatic rings. The Hall–Kier alpha value is -2.44. The second-order valence-corrected chi connectivity index (χ2v) is 7.51. The highest BCUT2D eigenvalue weighted by molar-refractivity contribution is 7.16. The summed E-state index contributed by atoms with van der Waals surface area (Å²) < 4.78 is 15.4. The molecule has 0 atom stereocenters. The fourth-order valence-corrected chi connectivity index (χ4v) is 3.74. The van der Waals surface area contributed by atoms with Crippen molar-refractivity contribution in [3.05, 3.63) is 81.5 Å². The summed E-state index contributed by atoms with van der Waals surface area (Å²) in [5.74, 6) is -0.457. The maximum Gasteiger partial charge on any atom is 0.257 e. The van der Waals surface area contributed by atoms with Crippen LogP contribution >= 0.6 is 22.9 Å². The number of rotatable bonds is 6. The molecule has 2 heterocycles. The monoisotopic (exact) mass is 389 g/mol. The zero-order valence-electron chi connectivity index (χ0n) is 14.2. The van der Waals surface area contributed by atoms with Gasteiger partial charge in [0, 0.05) is 11.4 Å². The van der Waals surface area contributed by atoms with Crippen LogP contribution in [-0.4, -0.2) is 27.1 Å². The Morgan fingerprint density at radius 2 is 2.08 bits per heavy atom. The highest BCUT2D eigenvalue weighted by atomic mass is 35.5. The van der Waals surface area contributed by atoms with Gasteiger partial charge in [-0.05, 0) is 43.3 Å². The van der Waals surface area contributed by atoms with Gasteiger partial charge in [-0.1, -0.05) is 17.7 Å². The molecule has 7 heteroatoms. The summed E-state index contributed by atoms with van der Waals surface area (Å²) in [4.78, 5) is 15.7. The van der Waals surface area contributed by atoms with Crippen LogP contribution in [0, 0.1) is 12.7 Å². The number of nitrogens with zero attached hydrogens (tertiary/aromatic N) is 3. The maximum atomic E-state index is 13.1. The quantitative estimate of drug-likeness (QED) is 0.564. The molecule has 0 bridgehead atoms. The van der Waals surface area contributed by atoms with Crippen molar-refractivity contribution in [3.63, 3.8) is 0 Å². The molecular weight excluding hydrogens is 373 g/mol. The fourth-order valence-electron chi connectivity index (χ4n) is 2.63. The average molecular weight is 390 g/mol. The van der Waals surface area contributed by atoms with Gasteiger partial charge in [0.25, 0.3) is 5.91 Å². The van der Waals surface area contributed by atoms with Crippen LogP contribution in [0.1, 0.15) is 20.9 Å². The van der Waals surface area contributed by atoms with Crippen LogP contribution in [0.15, 0.2) is 55.3 Å². The lowest BCUT2D eigenvalue weighted by molar-refractivity contribution is 0.0763. The van der Waals surface area contributed by atoms with Gasteiger partial charge in [0.2, 0.25) is 0 Å². The SMILES string of the molecule is C=CCN(Cc1ccc(Cl)s1)C(=O)c1cnn(-c2ccc(F)cc2)c1C. The molecule has 0 fully saturated rings. The number of benzene rings is 1. The molecule has 0 saturated carbocycles. The Morgan fingerprint density at radius 3 is 2.69 bits per heavy atom. The van der Waals surface area contributed by atoms with E-state index in [0.29, 0.717) is 34.4 Å². The molecule has 0 spiro atoms. The van der Waals surface area contributed by atoms with Crippen LogP contribution in [-0.2, 0) is 6.54 Å². The average Bonchev–Trinajstić information content (AvgIpc) is 3.20. The third-order valence-electron chi connectivity index (χ3n) is 3.92. The maximum absolute atomic E-state index is 13.1. The van der Waals surface area contributed by atoms with Crippen molar-refractivity contribution < 1.29 is 9.18 Å². The molecule has 1 amide bonds. The normalized spacial score (nSPS) is 10.7. The number of halogens is 2. The minimum Gasteiger partial charge on any atom is -0.330 e. The Kier molecular flexibility index (Phi) is 5.54. The Labute approximate surface area is 160 Å². The van der Waals surface area contributed by atoms with Crippen LogP contribution in [0.4, 0.5) is 4.39 Å². The van der Waals surface area contributed by atoms with Crippen LogP contribution in [0.3, 0.4) is 0 Å². The first kappa shape index (κ1) is 18.4. The van der Waals surface area contributed by atoms with Gasteiger partial charge in [0.1, 0.15) is 5.82 Å². The van der Waals surface area contributed by atoms with E-state index >= 15 is 0 Å². The van der Waals surface area contributed by atoms with Crippen molar-refractivity contribution in [1.82, 2.24) is 14.7 Å². The summed E-state index contributed by atoms with van der Waals surface area (Å²) in [5, 5.41) is 4.29. The van der Waals surface area contributed by atoms with E-state index in [1.165, 1.54) is 23.5 Å². The van der Waals surface area contributed by atoms with Gasteiger partial charge in [0.05, 0.1) is 34.0 Å². The predicted molar refractivity (Wildman–Crippen MR) is 103 cm³/mol. The van der Waals surface area contributed by atoms with Crippen molar-refractivity contribution in [2.75, 3.05) is 6.54 Å². The molecule has 0 aliphatic carbocycles. The number of thiophene rings is 1. The lowest BCUT2D eigenvalue weighted by Gasteiger charge is -2.20. The van der Waals surface area contributed by atoms with E-state index in [1.54, 1.807) is 34.0 Å². The molecule has 0 aliphatic heterocycles. The first-order chi connectivity index (χ1) is 12.5. The van der Waals surface area contributed by atoms with Crippen LogP contribution in [0.2, 0.25) is 4.34 Å². The first-order valence-corrected chi connectivity index (χ1v) is 9.14. The van der Waals surface area contributed by atoms with Gasteiger partial charge in [-0.25, -0.2) is 9.07 Å². The van der Waals surface area contributed by atoms with Gasteiger partial charge < -0.3 is 4.90 Å². The molecular formula is C19H17ClFN3OS. The van der Waals surface area contributed by atoms with Crippen molar-refractivity contribution in [2.45, 2.75) is 13.5 Å². The van der Waals surface area contributed by atoms with Crippen LogP contribution in [0.25, 0.3) is 5.69 Å². The summed E-state index contributed by atoms with van der Waals surface area (Å²) in [6.45, 7) is 6.41. The van der Waals surface area contributed by atoms with Gasteiger partial charge in [-0.15, -0.1) is 17.9 Å². The third kappa shape index (κ3) is 3.86. The van der Waals surface area contributed by atoms with E-state index in [2.05, 4.69) is 11.7 Å². The molecule has 3 aromatic rings. The van der Waals surface area contributed by atoms with Crippen LogP contribution < -0.4 is 0 Å². The molecule has 3 rings (SSSR count). The van der Waals surface area contributed by atoms with Crippen LogP contribution in [0.5, 0.6) is 0 Å². The minimum atomic E-state index is -0.318. The number of hydrogen-bond donors (Lipinski definition) is 0. The van der Waals surface area contributed by atoms with Gasteiger partial charge >= 0.3 is 0 Å². The summed E-state index contributed by atoms with van der Waals surface area (Å²) >= 11 is 7.42. The lowest BCUT2D eigenvalue weighted by Crippen LogP contribution is -2.30. The molecule has 0 saturated heterocycles. The number of carbonyl (C=O) groups excluding carboxylic acids is 1. The summed E-state index contributed by atoms with van der Waals surface area (Å²) in [6, 6.07) is 9.70. The molecule has 26 heavy (non-hydrogen) atoms. The first-order valence-electron chi connectivity index (χ1n) is 7.94. The van der Waals surface area contributed by atoms with E-state index < -0.39 is 0 Å². The van der Waals surface area contributed by atoms with E-state index in [9.17, 15) is 9.18 Å². The Balaban J connectivity index is 1.87. The van der Waals surface area contributed by atoms with Crippen molar-refractivity contribution in [1.29, 1.82) is 0 Å². The number of aromatic nitrogens is 2. The van der Waals surface area contributed by atoms with E-state index in [-0.39, 0.29) is 11.7 Å². The van der Waals surface area contributed by atoms with E-state index in [0.717, 1.165) is 4.88 Å². The summed E-state index contributed by atoms with van der Waals surface area (Å²) in [7, 11) is 0. The van der Waals surface area contributed by atoms with Gasteiger partial charge in [-0.2, -0.15) is 5.10 Å². The molecule has 0 radical (unpaired) electrons. The molecule has 1 aromatic carbocycles. The Bertz CT molecular complexity index is 933. The van der Waals surface area contributed by atoms with Gasteiger partial charge in [-0.3, -0.25) is 4.79 Å². The second-order valence-electron chi connectivity index (χ2n) is 5.71. The molecule has 134 valence electrons. The predicted octanol–water partition coefficient (Wildman–Crippen LogP) is 4.86. The van der Waals surface area contributed by atoms with Gasteiger partial charge in [0.15, 0.2) is 0 Å². The fraction of sp³-hybridized carbons (Fsp3) is 0.158. The molecule has 4 nitrogen and oxygen atoms in total. The van der Waals surface area contributed by atoms with E-state index in [1.807, 2.05) is 19.1 Å². The highest BCUT2D eigenvalue weighted by Crippen LogP contribution is 2.24. The zero-order chi connectivity index (χ0) is 18.7. The largest absolute Gasteiger partial charge is 0.330 e. The van der Waals surface area contributed by atoms with Crippen molar-refractivity contribution in [2.24, 2.45) is 0 Å². The molecule has 2 aromatic heterocycles. The highest BCUT2D eigenvalue weighted by Gasteiger charge is 2.21. The standard InChI is InChI=1S/C19H17ClFN3OS/c1-3-10-23(12-16-8-9-18(20)26-16)19(25)17-11-22-24(13(17)2)15-6-4-14(21)5-7-15/h3-9,11H,1,10,12H2,2H3. The smallest absolute Gasteiger partial charge is 0.257 e. The zero-order valence-corrected chi connectivity index (χ0v) is 15.7.